The molecule has 0 spiro atoms. The van der Waals surface area contributed by atoms with Crippen LogP contribution in [0, 0.1) is 6.92 Å². The Bertz CT molecular complexity index is 268. The fourth-order valence-corrected chi connectivity index (χ4v) is 2.00. The molecule has 0 N–H and O–H groups in total. The van der Waals surface area contributed by atoms with Crippen molar-refractivity contribution in [2.75, 3.05) is 6.61 Å². The lowest BCUT2D eigenvalue weighted by Crippen LogP contribution is -1.89. The molecule has 1 aromatic rings. The second-order valence-electron chi connectivity index (χ2n) is 2.49. The zero-order valence-electron chi connectivity index (χ0n) is 7.66. The van der Waals surface area contributed by atoms with E-state index in [2.05, 4.69) is 0 Å². The van der Waals surface area contributed by atoms with Crippen LogP contribution in [-0.4, -0.2) is 6.61 Å². The standard InChI is InChI=1S/C9H12ClO2P/c1-3-11-13(10)12-9-7-5-4-6-8(9)2/h4-7H,3H2,1-2H3. The highest BCUT2D eigenvalue weighted by Gasteiger charge is 2.08. The lowest BCUT2D eigenvalue weighted by atomic mass is 10.2. The first-order valence-corrected chi connectivity index (χ1v) is 6.14. The molecule has 0 aromatic heterocycles. The highest BCUT2D eigenvalue weighted by molar-refractivity contribution is 7.76. The van der Waals surface area contributed by atoms with E-state index in [-0.39, 0.29) is 0 Å². The highest BCUT2D eigenvalue weighted by Crippen LogP contribution is 2.44. The first-order chi connectivity index (χ1) is 6.24. The minimum absolute atomic E-state index is 0.571. The van der Waals surface area contributed by atoms with Gasteiger partial charge in [-0.05, 0) is 36.7 Å². The lowest BCUT2D eigenvalue weighted by molar-refractivity contribution is 0.345. The number of benzene rings is 1. The van der Waals surface area contributed by atoms with Crippen LogP contribution in [0.1, 0.15) is 12.5 Å². The predicted molar refractivity (Wildman–Crippen MR) is 56.2 cm³/mol. The van der Waals surface area contributed by atoms with E-state index >= 15 is 0 Å². The third-order valence-corrected chi connectivity index (χ3v) is 2.80. The molecule has 4 heteroatoms. The van der Waals surface area contributed by atoms with Crippen molar-refractivity contribution in [3.63, 3.8) is 0 Å². The molecule has 72 valence electrons. The molecule has 0 aliphatic rings. The molecule has 0 amide bonds. The minimum Gasteiger partial charge on any atom is -0.436 e. The van der Waals surface area contributed by atoms with Gasteiger partial charge in [-0.1, -0.05) is 18.2 Å². The van der Waals surface area contributed by atoms with Crippen LogP contribution in [0.4, 0.5) is 0 Å². The van der Waals surface area contributed by atoms with Crippen molar-refractivity contribution in [2.24, 2.45) is 0 Å². The third kappa shape index (κ3) is 3.51. The summed E-state index contributed by atoms with van der Waals surface area (Å²) < 4.78 is 10.5. The molecule has 13 heavy (non-hydrogen) atoms. The van der Waals surface area contributed by atoms with Crippen molar-refractivity contribution >= 4 is 19.0 Å². The Kier molecular flexibility index (Phi) is 4.51. The monoisotopic (exact) mass is 218 g/mol. The van der Waals surface area contributed by atoms with Gasteiger partial charge in [-0.25, -0.2) is 0 Å². The molecule has 0 aliphatic heterocycles. The largest absolute Gasteiger partial charge is 0.436 e. The smallest absolute Gasteiger partial charge is 0.338 e. The van der Waals surface area contributed by atoms with Crippen molar-refractivity contribution in [3.8, 4) is 5.75 Å². The molecule has 0 fully saturated rings. The predicted octanol–water partition coefficient (Wildman–Crippen LogP) is 3.88. The molecular weight excluding hydrogens is 207 g/mol. The van der Waals surface area contributed by atoms with E-state index in [1.165, 1.54) is 0 Å². The molecule has 1 aromatic carbocycles. The van der Waals surface area contributed by atoms with Gasteiger partial charge in [0.05, 0.1) is 6.61 Å². The molecule has 0 saturated heterocycles. The normalized spacial score (nSPS) is 12.5. The summed E-state index contributed by atoms with van der Waals surface area (Å²) in [5.74, 6) is 0.789. The Morgan fingerprint density at radius 1 is 1.38 bits per heavy atom. The third-order valence-electron chi connectivity index (χ3n) is 1.49. The Morgan fingerprint density at radius 2 is 2.08 bits per heavy atom. The molecule has 1 atom stereocenters. The molecule has 1 unspecified atom stereocenters. The van der Waals surface area contributed by atoms with Gasteiger partial charge in [0.15, 0.2) is 0 Å². The van der Waals surface area contributed by atoms with Crippen molar-refractivity contribution in [3.05, 3.63) is 29.8 Å². The number of rotatable bonds is 4. The van der Waals surface area contributed by atoms with E-state index in [1.54, 1.807) is 0 Å². The molecule has 0 radical (unpaired) electrons. The van der Waals surface area contributed by atoms with Crippen LogP contribution in [-0.2, 0) is 4.52 Å². The maximum Gasteiger partial charge on any atom is 0.338 e. The minimum atomic E-state index is -1.30. The van der Waals surface area contributed by atoms with Crippen LogP contribution >= 0.6 is 19.0 Å². The summed E-state index contributed by atoms with van der Waals surface area (Å²) in [7, 11) is -1.30. The van der Waals surface area contributed by atoms with E-state index in [4.69, 9.17) is 20.3 Å². The first kappa shape index (κ1) is 10.8. The van der Waals surface area contributed by atoms with Gasteiger partial charge in [-0.3, -0.25) is 0 Å². The Hall–Kier alpha value is -0.300. The summed E-state index contributed by atoms with van der Waals surface area (Å²) in [5.41, 5.74) is 1.07. The van der Waals surface area contributed by atoms with E-state index in [0.29, 0.717) is 6.61 Å². The second-order valence-corrected chi connectivity index (χ2v) is 4.18. The maximum absolute atomic E-state index is 5.81. The van der Waals surface area contributed by atoms with E-state index in [1.807, 2.05) is 38.1 Å². The fourth-order valence-electron chi connectivity index (χ4n) is 0.864. The van der Waals surface area contributed by atoms with E-state index < -0.39 is 7.73 Å². The first-order valence-electron chi connectivity index (χ1n) is 4.06. The molecular formula is C9H12ClO2P. The van der Waals surface area contributed by atoms with Gasteiger partial charge in [-0.15, -0.1) is 0 Å². The SMILES string of the molecule is CCOP(Cl)Oc1ccccc1C. The summed E-state index contributed by atoms with van der Waals surface area (Å²) in [4.78, 5) is 0. The van der Waals surface area contributed by atoms with Crippen LogP contribution in [0.2, 0.25) is 0 Å². The Balaban J connectivity index is 2.58. The Labute approximate surface area is 84.5 Å². The Morgan fingerprint density at radius 3 is 2.69 bits per heavy atom. The zero-order valence-corrected chi connectivity index (χ0v) is 9.31. The highest BCUT2D eigenvalue weighted by atomic mass is 35.7. The van der Waals surface area contributed by atoms with E-state index in [9.17, 15) is 0 Å². The molecule has 1 rings (SSSR count). The van der Waals surface area contributed by atoms with Crippen LogP contribution in [0.25, 0.3) is 0 Å². The zero-order chi connectivity index (χ0) is 9.68. The molecule has 0 bridgehead atoms. The van der Waals surface area contributed by atoms with Gasteiger partial charge in [0, 0.05) is 0 Å². The van der Waals surface area contributed by atoms with Gasteiger partial charge >= 0.3 is 7.73 Å². The fraction of sp³-hybridized carbons (Fsp3) is 0.333. The number of halogens is 1. The number of para-hydroxylation sites is 1. The summed E-state index contributed by atoms with van der Waals surface area (Å²) in [5, 5.41) is 0. The number of aryl methyl sites for hydroxylation is 1. The van der Waals surface area contributed by atoms with Gasteiger partial charge in [0.25, 0.3) is 0 Å². The van der Waals surface area contributed by atoms with Gasteiger partial charge in [0.1, 0.15) is 5.75 Å². The molecule has 0 heterocycles. The van der Waals surface area contributed by atoms with Crippen LogP contribution in [0.3, 0.4) is 0 Å². The topological polar surface area (TPSA) is 18.5 Å². The second kappa shape index (κ2) is 5.43. The van der Waals surface area contributed by atoms with E-state index in [0.717, 1.165) is 11.3 Å². The molecule has 0 saturated carbocycles. The summed E-state index contributed by atoms with van der Waals surface area (Å²) >= 11 is 5.81. The molecule has 0 aliphatic carbocycles. The summed E-state index contributed by atoms with van der Waals surface area (Å²) in [6.45, 7) is 4.43. The van der Waals surface area contributed by atoms with Gasteiger partial charge in [-0.2, -0.15) is 0 Å². The summed E-state index contributed by atoms with van der Waals surface area (Å²) in [6, 6.07) is 7.72. The van der Waals surface area contributed by atoms with Gasteiger partial charge < -0.3 is 9.05 Å². The number of hydrogen-bond donors (Lipinski definition) is 0. The quantitative estimate of drug-likeness (QED) is 0.714. The number of hydrogen-bond acceptors (Lipinski definition) is 2. The van der Waals surface area contributed by atoms with Crippen molar-refractivity contribution in [1.82, 2.24) is 0 Å². The maximum atomic E-state index is 5.81. The van der Waals surface area contributed by atoms with Crippen LogP contribution < -0.4 is 4.52 Å². The average Bonchev–Trinajstić information content (AvgIpc) is 2.09. The lowest BCUT2D eigenvalue weighted by Gasteiger charge is -2.11. The van der Waals surface area contributed by atoms with Crippen LogP contribution in [0.5, 0.6) is 5.75 Å². The molecule has 2 nitrogen and oxygen atoms in total. The van der Waals surface area contributed by atoms with Crippen LogP contribution in [0.15, 0.2) is 24.3 Å². The van der Waals surface area contributed by atoms with Crippen molar-refractivity contribution in [2.45, 2.75) is 13.8 Å². The summed E-state index contributed by atoms with van der Waals surface area (Å²) in [6.07, 6.45) is 0. The van der Waals surface area contributed by atoms with Gasteiger partial charge in [0.2, 0.25) is 0 Å². The van der Waals surface area contributed by atoms with Crippen molar-refractivity contribution < 1.29 is 9.05 Å². The average molecular weight is 219 g/mol. The van der Waals surface area contributed by atoms with Crippen molar-refractivity contribution in [1.29, 1.82) is 0 Å².